The van der Waals surface area contributed by atoms with E-state index >= 15 is 0 Å². The number of nitrogens with two attached hydrogens (primary N) is 1. The molecule has 0 aliphatic carbocycles. The molecule has 1 aromatic rings. The van der Waals surface area contributed by atoms with E-state index < -0.39 is 0 Å². The molecule has 0 amide bonds. The topological polar surface area (TPSA) is 35.2 Å². The van der Waals surface area contributed by atoms with Crippen molar-refractivity contribution in [2.75, 3.05) is 13.2 Å². The van der Waals surface area contributed by atoms with Gasteiger partial charge >= 0.3 is 0 Å². The highest BCUT2D eigenvalue weighted by molar-refractivity contribution is 5.28. The molecule has 2 heteroatoms. The summed E-state index contributed by atoms with van der Waals surface area (Å²) in [6.07, 6.45) is 1.07. The molecule has 0 bridgehead atoms. The Morgan fingerprint density at radius 3 is 3.00 bits per heavy atom. The van der Waals surface area contributed by atoms with Gasteiger partial charge in [0.2, 0.25) is 0 Å². The van der Waals surface area contributed by atoms with Gasteiger partial charge in [-0.1, -0.05) is 29.8 Å². The van der Waals surface area contributed by atoms with Gasteiger partial charge in [-0.25, -0.2) is 0 Å². The average molecular weight is 205 g/mol. The van der Waals surface area contributed by atoms with Crippen molar-refractivity contribution in [3.63, 3.8) is 0 Å². The highest BCUT2D eigenvalue weighted by Gasteiger charge is 2.40. The molecule has 0 saturated carbocycles. The fraction of sp³-hybridized carbons (Fsp3) is 0.538. The zero-order valence-corrected chi connectivity index (χ0v) is 9.49. The predicted molar refractivity (Wildman–Crippen MR) is 61.6 cm³/mol. The van der Waals surface area contributed by atoms with Gasteiger partial charge in [0.05, 0.1) is 5.60 Å². The molecule has 2 rings (SSSR count). The first-order valence-corrected chi connectivity index (χ1v) is 5.58. The van der Waals surface area contributed by atoms with Crippen LogP contribution in [-0.4, -0.2) is 13.2 Å². The average Bonchev–Trinajstić information content (AvgIpc) is 2.61. The van der Waals surface area contributed by atoms with Crippen molar-refractivity contribution in [3.8, 4) is 0 Å². The first-order chi connectivity index (χ1) is 7.16. The maximum atomic E-state index is 5.90. The summed E-state index contributed by atoms with van der Waals surface area (Å²) in [5.74, 6) is 0.444. The second kappa shape index (κ2) is 3.95. The zero-order valence-electron chi connectivity index (χ0n) is 9.49. The summed E-state index contributed by atoms with van der Waals surface area (Å²) < 4.78 is 5.90. The van der Waals surface area contributed by atoms with Crippen LogP contribution >= 0.6 is 0 Å². The van der Waals surface area contributed by atoms with E-state index in [-0.39, 0.29) is 5.60 Å². The lowest BCUT2D eigenvalue weighted by Crippen LogP contribution is -2.33. The van der Waals surface area contributed by atoms with Gasteiger partial charge in [-0.05, 0) is 32.4 Å². The van der Waals surface area contributed by atoms with Gasteiger partial charge in [-0.15, -0.1) is 0 Å². The minimum Gasteiger partial charge on any atom is -0.370 e. The van der Waals surface area contributed by atoms with E-state index in [2.05, 4.69) is 38.1 Å². The van der Waals surface area contributed by atoms with Crippen molar-refractivity contribution in [2.24, 2.45) is 11.7 Å². The van der Waals surface area contributed by atoms with Crippen molar-refractivity contribution < 1.29 is 4.74 Å². The molecule has 1 aromatic carbocycles. The van der Waals surface area contributed by atoms with Crippen LogP contribution in [0.2, 0.25) is 0 Å². The van der Waals surface area contributed by atoms with E-state index in [4.69, 9.17) is 10.5 Å². The van der Waals surface area contributed by atoms with Gasteiger partial charge in [0.15, 0.2) is 0 Å². The van der Waals surface area contributed by atoms with Gasteiger partial charge in [0.1, 0.15) is 0 Å². The molecule has 1 aliphatic heterocycles. The molecule has 0 spiro atoms. The van der Waals surface area contributed by atoms with Crippen molar-refractivity contribution in [1.82, 2.24) is 0 Å². The Bertz CT molecular complexity index is 350. The van der Waals surface area contributed by atoms with Crippen LogP contribution in [0.4, 0.5) is 0 Å². The largest absolute Gasteiger partial charge is 0.370 e. The van der Waals surface area contributed by atoms with Gasteiger partial charge in [-0.3, -0.25) is 0 Å². The quantitative estimate of drug-likeness (QED) is 0.803. The van der Waals surface area contributed by atoms with E-state index in [0.717, 1.165) is 13.0 Å². The van der Waals surface area contributed by atoms with E-state index in [1.807, 2.05) is 0 Å². The molecule has 2 unspecified atom stereocenters. The molecule has 2 nitrogen and oxygen atoms in total. The molecular weight excluding hydrogens is 186 g/mol. The van der Waals surface area contributed by atoms with Crippen LogP contribution in [0, 0.1) is 12.8 Å². The Kier molecular flexibility index (Phi) is 2.81. The van der Waals surface area contributed by atoms with Gasteiger partial charge in [0.25, 0.3) is 0 Å². The van der Waals surface area contributed by atoms with Gasteiger partial charge in [0, 0.05) is 12.5 Å². The molecular formula is C13H19NO. The third-order valence-corrected chi connectivity index (χ3v) is 3.52. The maximum Gasteiger partial charge on any atom is 0.0944 e. The van der Waals surface area contributed by atoms with E-state index in [1.165, 1.54) is 11.1 Å². The number of ether oxygens (including phenoxy) is 1. The van der Waals surface area contributed by atoms with Crippen molar-refractivity contribution in [1.29, 1.82) is 0 Å². The molecule has 0 radical (unpaired) electrons. The summed E-state index contributed by atoms with van der Waals surface area (Å²) in [7, 11) is 0. The van der Waals surface area contributed by atoms with Crippen molar-refractivity contribution >= 4 is 0 Å². The van der Waals surface area contributed by atoms with Crippen LogP contribution in [0.5, 0.6) is 0 Å². The second-order valence-electron chi connectivity index (χ2n) is 4.55. The lowest BCUT2D eigenvalue weighted by Gasteiger charge is -2.30. The smallest absolute Gasteiger partial charge is 0.0944 e. The SMILES string of the molecule is Cc1cccc(C2(C)OCCC2CN)c1. The highest BCUT2D eigenvalue weighted by atomic mass is 16.5. The fourth-order valence-electron chi connectivity index (χ4n) is 2.42. The zero-order chi connectivity index (χ0) is 10.9. The van der Waals surface area contributed by atoms with Crippen molar-refractivity contribution in [2.45, 2.75) is 25.9 Å². The molecule has 1 saturated heterocycles. The Morgan fingerprint density at radius 1 is 1.53 bits per heavy atom. The Labute approximate surface area is 91.4 Å². The van der Waals surface area contributed by atoms with E-state index in [9.17, 15) is 0 Å². The normalized spacial score (nSPS) is 30.7. The summed E-state index contributed by atoms with van der Waals surface area (Å²) in [6, 6.07) is 8.54. The fourth-order valence-corrected chi connectivity index (χ4v) is 2.42. The van der Waals surface area contributed by atoms with Crippen LogP contribution in [0.25, 0.3) is 0 Å². The van der Waals surface area contributed by atoms with Crippen LogP contribution < -0.4 is 5.73 Å². The summed E-state index contributed by atoms with van der Waals surface area (Å²) in [6.45, 7) is 5.79. The molecule has 15 heavy (non-hydrogen) atoms. The summed E-state index contributed by atoms with van der Waals surface area (Å²) in [5.41, 5.74) is 8.16. The molecule has 0 aromatic heterocycles. The first kappa shape index (κ1) is 10.7. The third kappa shape index (κ3) is 1.80. The van der Waals surface area contributed by atoms with Crippen LogP contribution in [-0.2, 0) is 10.3 Å². The van der Waals surface area contributed by atoms with Crippen LogP contribution in [0.3, 0.4) is 0 Å². The van der Waals surface area contributed by atoms with E-state index in [1.54, 1.807) is 0 Å². The lowest BCUT2D eigenvalue weighted by molar-refractivity contribution is -0.00795. The molecule has 1 aliphatic rings. The third-order valence-electron chi connectivity index (χ3n) is 3.52. The molecule has 1 heterocycles. The number of hydrogen-bond acceptors (Lipinski definition) is 2. The monoisotopic (exact) mass is 205 g/mol. The number of benzene rings is 1. The van der Waals surface area contributed by atoms with Crippen molar-refractivity contribution in [3.05, 3.63) is 35.4 Å². The summed E-state index contributed by atoms with van der Waals surface area (Å²) in [4.78, 5) is 0. The maximum absolute atomic E-state index is 5.90. The number of aryl methyl sites for hydroxylation is 1. The number of rotatable bonds is 2. The van der Waals surface area contributed by atoms with E-state index in [0.29, 0.717) is 12.5 Å². The molecule has 1 fully saturated rings. The molecule has 2 atom stereocenters. The molecule has 2 N–H and O–H groups in total. The Balaban J connectivity index is 2.36. The second-order valence-corrected chi connectivity index (χ2v) is 4.55. The van der Waals surface area contributed by atoms with Gasteiger partial charge in [-0.2, -0.15) is 0 Å². The highest BCUT2D eigenvalue weighted by Crippen LogP contribution is 2.40. The number of hydrogen-bond donors (Lipinski definition) is 1. The van der Waals surface area contributed by atoms with Crippen LogP contribution in [0.15, 0.2) is 24.3 Å². The summed E-state index contributed by atoms with van der Waals surface area (Å²) >= 11 is 0. The Morgan fingerprint density at radius 2 is 2.33 bits per heavy atom. The lowest BCUT2D eigenvalue weighted by atomic mass is 9.82. The predicted octanol–water partition coefficient (Wildman–Crippen LogP) is 2.21. The minimum atomic E-state index is -0.180. The first-order valence-electron chi connectivity index (χ1n) is 5.58. The molecule has 82 valence electrons. The Hall–Kier alpha value is -0.860. The summed E-state index contributed by atoms with van der Waals surface area (Å²) in [5, 5.41) is 0. The van der Waals surface area contributed by atoms with Crippen LogP contribution in [0.1, 0.15) is 24.5 Å². The minimum absolute atomic E-state index is 0.180. The standard InChI is InChI=1S/C13H19NO/c1-10-4-3-5-11(8-10)13(2)12(9-14)6-7-15-13/h3-5,8,12H,6-7,9,14H2,1-2H3. The van der Waals surface area contributed by atoms with Gasteiger partial charge < -0.3 is 10.5 Å².